The van der Waals surface area contributed by atoms with Gasteiger partial charge in [-0.05, 0) is 54.4 Å². The third-order valence-electron chi connectivity index (χ3n) is 6.09. The molecule has 0 unspecified atom stereocenters. The molecular formula is C28H26FN3O4. The van der Waals surface area contributed by atoms with Gasteiger partial charge in [-0.1, -0.05) is 25.1 Å². The van der Waals surface area contributed by atoms with Crippen LogP contribution >= 0.6 is 0 Å². The first-order valence-corrected chi connectivity index (χ1v) is 11.8. The van der Waals surface area contributed by atoms with Gasteiger partial charge < -0.3 is 20.1 Å². The van der Waals surface area contributed by atoms with Crippen molar-refractivity contribution in [2.45, 2.75) is 26.4 Å². The number of nitrogens with zero attached hydrogens (tertiary/aromatic N) is 1. The van der Waals surface area contributed by atoms with Crippen molar-refractivity contribution in [3.05, 3.63) is 94.0 Å². The van der Waals surface area contributed by atoms with Crippen LogP contribution in [-0.4, -0.2) is 23.7 Å². The molecule has 0 radical (unpaired) electrons. The number of benzene rings is 3. The smallest absolute Gasteiger partial charge is 0.256 e. The highest BCUT2D eigenvalue weighted by atomic mass is 19.1. The molecule has 5 rings (SSSR count). The van der Waals surface area contributed by atoms with E-state index in [-0.39, 0.29) is 18.6 Å². The van der Waals surface area contributed by atoms with Crippen molar-refractivity contribution in [1.29, 1.82) is 0 Å². The first-order valence-electron chi connectivity index (χ1n) is 11.8. The fourth-order valence-electron chi connectivity index (χ4n) is 4.22. The molecule has 3 aromatic carbocycles. The summed E-state index contributed by atoms with van der Waals surface area (Å²) in [6.45, 7) is 2.97. The topological polar surface area (TPSA) is 81.6 Å². The van der Waals surface area contributed by atoms with Gasteiger partial charge in [-0.15, -0.1) is 0 Å². The van der Waals surface area contributed by atoms with E-state index in [0.29, 0.717) is 41.5 Å². The van der Waals surface area contributed by atoms with E-state index in [9.17, 15) is 14.0 Å². The SMILES string of the molecule is CCc1ccc(NCc2cc3cc4c(cc3n(CC(=O)Nc3cccc(F)c3)c2=O)OCCO4)cc1. The minimum absolute atomic E-state index is 0.246. The highest BCUT2D eigenvalue weighted by molar-refractivity contribution is 5.92. The highest BCUT2D eigenvalue weighted by Gasteiger charge is 2.18. The number of halogens is 1. The molecule has 0 bridgehead atoms. The van der Waals surface area contributed by atoms with Gasteiger partial charge in [0.05, 0.1) is 5.52 Å². The van der Waals surface area contributed by atoms with Crippen molar-refractivity contribution in [3.8, 4) is 11.5 Å². The number of rotatable bonds is 7. The van der Waals surface area contributed by atoms with E-state index in [1.54, 1.807) is 12.1 Å². The van der Waals surface area contributed by atoms with Crippen LogP contribution in [0.5, 0.6) is 11.5 Å². The summed E-state index contributed by atoms with van der Waals surface area (Å²) < 4.78 is 26.4. The first kappa shape index (κ1) is 23.4. The predicted octanol–water partition coefficient (Wildman–Crippen LogP) is 4.73. The van der Waals surface area contributed by atoms with Gasteiger partial charge in [0.15, 0.2) is 11.5 Å². The Hall–Kier alpha value is -4.33. The van der Waals surface area contributed by atoms with Crippen LogP contribution in [0.2, 0.25) is 0 Å². The molecule has 2 heterocycles. The zero-order chi connectivity index (χ0) is 25.1. The molecule has 0 fully saturated rings. The normalized spacial score (nSPS) is 12.4. The third kappa shape index (κ3) is 5.02. The number of hydrogen-bond acceptors (Lipinski definition) is 5. The van der Waals surface area contributed by atoms with Gasteiger partial charge in [-0.25, -0.2) is 4.39 Å². The Kier molecular flexibility index (Phi) is 6.58. The van der Waals surface area contributed by atoms with Gasteiger partial charge in [-0.2, -0.15) is 0 Å². The van der Waals surface area contributed by atoms with Crippen LogP contribution in [0.15, 0.2) is 71.5 Å². The van der Waals surface area contributed by atoms with Crippen LogP contribution in [0.3, 0.4) is 0 Å². The maximum Gasteiger partial charge on any atom is 0.256 e. The van der Waals surface area contributed by atoms with Crippen LogP contribution < -0.4 is 25.7 Å². The molecular weight excluding hydrogens is 461 g/mol. The van der Waals surface area contributed by atoms with E-state index >= 15 is 0 Å². The average Bonchev–Trinajstić information content (AvgIpc) is 2.88. The molecule has 1 aliphatic heterocycles. The molecule has 1 aliphatic rings. The summed E-state index contributed by atoms with van der Waals surface area (Å²) in [4.78, 5) is 26.4. The van der Waals surface area contributed by atoms with Gasteiger partial charge in [0.25, 0.3) is 5.56 Å². The molecule has 8 heteroatoms. The number of anilines is 2. The third-order valence-corrected chi connectivity index (χ3v) is 6.09. The number of carbonyl (C=O) groups excluding carboxylic acids is 1. The quantitative estimate of drug-likeness (QED) is 0.394. The van der Waals surface area contributed by atoms with Crippen LogP contribution in [0, 0.1) is 5.82 Å². The lowest BCUT2D eigenvalue weighted by Crippen LogP contribution is -2.31. The van der Waals surface area contributed by atoms with Crippen LogP contribution in [0.1, 0.15) is 18.1 Å². The second-order valence-corrected chi connectivity index (χ2v) is 8.58. The molecule has 0 saturated carbocycles. The number of fused-ring (bicyclic) bond motifs is 2. The highest BCUT2D eigenvalue weighted by Crippen LogP contribution is 2.34. The number of aromatic nitrogens is 1. The van der Waals surface area contributed by atoms with E-state index in [1.165, 1.54) is 28.3 Å². The summed E-state index contributed by atoms with van der Waals surface area (Å²) in [5.41, 5.74) is 3.19. The fraction of sp³-hybridized carbons (Fsp3) is 0.214. The maximum atomic E-state index is 13.6. The van der Waals surface area contributed by atoms with Crippen molar-refractivity contribution in [2.75, 3.05) is 23.8 Å². The minimum atomic E-state index is -0.459. The number of carbonyl (C=O) groups is 1. The van der Waals surface area contributed by atoms with Gasteiger partial charge in [0, 0.05) is 34.9 Å². The van der Waals surface area contributed by atoms with Crippen molar-refractivity contribution in [1.82, 2.24) is 4.57 Å². The number of hydrogen-bond donors (Lipinski definition) is 2. The summed E-state index contributed by atoms with van der Waals surface area (Å²) in [5, 5.41) is 6.70. The first-order chi connectivity index (χ1) is 17.5. The van der Waals surface area contributed by atoms with E-state index < -0.39 is 11.7 Å². The Morgan fingerprint density at radius 2 is 1.72 bits per heavy atom. The second-order valence-electron chi connectivity index (χ2n) is 8.58. The standard InChI is InChI=1S/C28H26FN3O4/c1-2-18-6-8-22(9-7-18)30-16-20-12-19-13-25-26(36-11-10-35-25)15-24(19)32(28(20)34)17-27(33)31-23-5-3-4-21(29)14-23/h3-9,12-15,30H,2,10-11,16-17H2,1H3,(H,31,33). The molecule has 0 atom stereocenters. The zero-order valence-corrected chi connectivity index (χ0v) is 19.8. The summed E-state index contributed by atoms with van der Waals surface area (Å²) in [5.74, 6) is 0.213. The number of ether oxygens (including phenoxy) is 2. The minimum Gasteiger partial charge on any atom is -0.486 e. The van der Waals surface area contributed by atoms with Gasteiger partial charge in [0.1, 0.15) is 25.6 Å². The maximum absolute atomic E-state index is 13.6. The molecule has 36 heavy (non-hydrogen) atoms. The van der Waals surface area contributed by atoms with E-state index in [2.05, 4.69) is 17.6 Å². The monoisotopic (exact) mass is 487 g/mol. The number of aryl methyl sites for hydroxylation is 1. The molecule has 0 spiro atoms. The molecule has 0 aliphatic carbocycles. The van der Waals surface area contributed by atoms with E-state index in [4.69, 9.17) is 9.47 Å². The zero-order valence-electron chi connectivity index (χ0n) is 19.8. The molecule has 1 amide bonds. The Morgan fingerprint density at radius 3 is 2.44 bits per heavy atom. The number of amides is 1. The van der Waals surface area contributed by atoms with Gasteiger partial charge in [-0.3, -0.25) is 14.2 Å². The lowest BCUT2D eigenvalue weighted by molar-refractivity contribution is -0.116. The van der Waals surface area contributed by atoms with Crippen LogP contribution in [-0.2, 0) is 24.3 Å². The summed E-state index contributed by atoms with van der Waals surface area (Å²) >= 11 is 0. The summed E-state index contributed by atoms with van der Waals surface area (Å²) in [7, 11) is 0. The molecule has 184 valence electrons. The Morgan fingerprint density at radius 1 is 0.972 bits per heavy atom. The largest absolute Gasteiger partial charge is 0.486 e. The molecule has 0 saturated heterocycles. The lowest BCUT2D eigenvalue weighted by atomic mass is 10.1. The predicted molar refractivity (Wildman–Crippen MR) is 137 cm³/mol. The van der Waals surface area contributed by atoms with Gasteiger partial charge >= 0.3 is 0 Å². The van der Waals surface area contributed by atoms with Gasteiger partial charge in [0.2, 0.25) is 5.91 Å². The molecule has 4 aromatic rings. The van der Waals surface area contributed by atoms with Crippen LogP contribution in [0.4, 0.5) is 15.8 Å². The average molecular weight is 488 g/mol. The molecule has 1 aromatic heterocycles. The fourth-order valence-corrected chi connectivity index (χ4v) is 4.22. The van der Waals surface area contributed by atoms with Crippen molar-refractivity contribution in [2.24, 2.45) is 0 Å². The molecule has 7 nitrogen and oxygen atoms in total. The van der Waals surface area contributed by atoms with Crippen molar-refractivity contribution < 1.29 is 18.7 Å². The molecule has 2 N–H and O–H groups in total. The van der Waals surface area contributed by atoms with Crippen molar-refractivity contribution >= 4 is 28.2 Å². The van der Waals surface area contributed by atoms with Crippen LogP contribution in [0.25, 0.3) is 10.9 Å². The lowest BCUT2D eigenvalue weighted by Gasteiger charge is -2.21. The van der Waals surface area contributed by atoms with Crippen molar-refractivity contribution in [3.63, 3.8) is 0 Å². The Labute approximate surface area is 207 Å². The Balaban J connectivity index is 1.49. The Bertz CT molecular complexity index is 1480. The summed E-state index contributed by atoms with van der Waals surface area (Å²) in [6, 6.07) is 19.0. The summed E-state index contributed by atoms with van der Waals surface area (Å²) in [6.07, 6.45) is 0.948. The second kappa shape index (κ2) is 10.1. The number of pyridine rings is 1. The van der Waals surface area contributed by atoms with E-state index in [1.807, 2.05) is 36.4 Å². The van der Waals surface area contributed by atoms with E-state index in [0.717, 1.165) is 17.5 Å². The number of nitrogens with one attached hydrogen (secondary N) is 2.